The molecule has 6 heteroatoms. The zero-order valence-corrected chi connectivity index (χ0v) is 12.5. The van der Waals surface area contributed by atoms with Crippen molar-refractivity contribution in [1.29, 1.82) is 0 Å². The molecule has 0 aliphatic rings. The molecule has 0 spiro atoms. The maximum Gasteiger partial charge on any atom is 0.304 e. The third-order valence-electron chi connectivity index (χ3n) is 3.02. The van der Waals surface area contributed by atoms with E-state index >= 15 is 0 Å². The summed E-state index contributed by atoms with van der Waals surface area (Å²) in [6.45, 7) is 1.12. The van der Waals surface area contributed by atoms with Gasteiger partial charge in [0.1, 0.15) is 5.75 Å². The summed E-state index contributed by atoms with van der Waals surface area (Å²) in [5.74, 6) is -0.152. The molecule has 1 amide bonds. The predicted octanol–water partition coefficient (Wildman–Crippen LogP) is 0.760. The van der Waals surface area contributed by atoms with Crippen molar-refractivity contribution < 1.29 is 19.4 Å². The maximum atomic E-state index is 11.7. The van der Waals surface area contributed by atoms with Crippen LogP contribution in [-0.4, -0.2) is 55.7 Å². The van der Waals surface area contributed by atoms with Gasteiger partial charge in [-0.15, -0.1) is 0 Å². The fourth-order valence-corrected chi connectivity index (χ4v) is 1.81. The SMILES string of the molecule is COc1ccc(CCNC(=O)CN(C)CCC(=O)O)cc1. The molecule has 0 atom stereocenters. The van der Waals surface area contributed by atoms with E-state index in [-0.39, 0.29) is 18.9 Å². The molecule has 0 aliphatic heterocycles. The van der Waals surface area contributed by atoms with Gasteiger partial charge in [-0.2, -0.15) is 0 Å². The summed E-state index contributed by atoms with van der Waals surface area (Å²) < 4.78 is 5.08. The Hall–Kier alpha value is -2.08. The number of carbonyl (C=O) groups excluding carboxylic acids is 1. The van der Waals surface area contributed by atoms with Crippen LogP contribution in [0.3, 0.4) is 0 Å². The van der Waals surface area contributed by atoms with E-state index in [0.717, 1.165) is 17.7 Å². The van der Waals surface area contributed by atoms with Gasteiger partial charge in [0.25, 0.3) is 0 Å². The number of carbonyl (C=O) groups is 2. The number of carboxylic acid groups (broad SMARTS) is 1. The molecule has 0 aliphatic carbocycles. The number of hydrogen-bond acceptors (Lipinski definition) is 4. The third-order valence-corrected chi connectivity index (χ3v) is 3.02. The molecule has 0 saturated carbocycles. The zero-order chi connectivity index (χ0) is 15.7. The first kappa shape index (κ1) is 17.0. The van der Waals surface area contributed by atoms with Crippen molar-refractivity contribution in [2.24, 2.45) is 0 Å². The largest absolute Gasteiger partial charge is 0.497 e. The molecule has 21 heavy (non-hydrogen) atoms. The monoisotopic (exact) mass is 294 g/mol. The van der Waals surface area contributed by atoms with Crippen LogP contribution in [0.15, 0.2) is 24.3 Å². The number of ether oxygens (including phenoxy) is 1. The molecule has 1 aromatic rings. The van der Waals surface area contributed by atoms with Crippen LogP contribution < -0.4 is 10.1 Å². The van der Waals surface area contributed by atoms with Crippen LogP contribution in [0.2, 0.25) is 0 Å². The van der Waals surface area contributed by atoms with Gasteiger partial charge in [-0.25, -0.2) is 0 Å². The molecule has 0 aromatic heterocycles. The lowest BCUT2D eigenvalue weighted by Gasteiger charge is -2.15. The van der Waals surface area contributed by atoms with Crippen LogP contribution in [0, 0.1) is 0 Å². The molecule has 1 aromatic carbocycles. The number of rotatable bonds is 9. The van der Waals surface area contributed by atoms with Crippen LogP contribution in [0.1, 0.15) is 12.0 Å². The smallest absolute Gasteiger partial charge is 0.304 e. The number of hydrogen-bond donors (Lipinski definition) is 2. The number of methoxy groups -OCH3 is 1. The predicted molar refractivity (Wildman–Crippen MR) is 79.5 cm³/mol. The molecule has 116 valence electrons. The van der Waals surface area contributed by atoms with Crippen LogP contribution in [0.5, 0.6) is 5.75 Å². The van der Waals surface area contributed by atoms with Crippen LogP contribution in [-0.2, 0) is 16.0 Å². The summed E-state index contributed by atoms with van der Waals surface area (Å²) in [5, 5.41) is 11.4. The Balaban J connectivity index is 2.21. The van der Waals surface area contributed by atoms with Crippen molar-refractivity contribution in [2.45, 2.75) is 12.8 Å². The fraction of sp³-hybridized carbons (Fsp3) is 0.467. The Bertz CT molecular complexity index is 459. The highest BCUT2D eigenvalue weighted by atomic mass is 16.5. The van der Waals surface area contributed by atoms with Gasteiger partial charge >= 0.3 is 5.97 Å². The quantitative estimate of drug-likeness (QED) is 0.703. The minimum Gasteiger partial charge on any atom is -0.497 e. The molecule has 0 fully saturated rings. The molecule has 1 rings (SSSR count). The minimum absolute atomic E-state index is 0.0373. The number of carboxylic acids is 1. The van der Waals surface area contributed by atoms with E-state index in [2.05, 4.69) is 5.32 Å². The summed E-state index contributed by atoms with van der Waals surface area (Å²) in [5.41, 5.74) is 1.12. The van der Waals surface area contributed by atoms with Crippen molar-refractivity contribution in [3.05, 3.63) is 29.8 Å². The Labute approximate surface area is 124 Å². The van der Waals surface area contributed by atoms with Crippen molar-refractivity contribution >= 4 is 11.9 Å². The second kappa shape index (κ2) is 8.97. The second-order valence-corrected chi connectivity index (χ2v) is 4.83. The fourth-order valence-electron chi connectivity index (χ4n) is 1.81. The van der Waals surface area contributed by atoms with Crippen molar-refractivity contribution in [3.63, 3.8) is 0 Å². The summed E-state index contributed by atoms with van der Waals surface area (Å²) >= 11 is 0. The average Bonchev–Trinajstić information content (AvgIpc) is 2.46. The average molecular weight is 294 g/mol. The Kier molecular flexibility index (Phi) is 7.25. The van der Waals surface area contributed by atoms with Crippen LogP contribution in [0.4, 0.5) is 0 Å². The van der Waals surface area contributed by atoms with E-state index in [0.29, 0.717) is 13.1 Å². The first-order valence-electron chi connectivity index (χ1n) is 6.81. The molecule has 0 heterocycles. The van der Waals surface area contributed by atoms with Crippen molar-refractivity contribution in [3.8, 4) is 5.75 Å². The molecule has 2 N–H and O–H groups in total. The standard InChI is InChI=1S/C15H22N2O4/c1-17(10-8-15(19)20)11-14(18)16-9-7-12-3-5-13(21-2)6-4-12/h3-6H,7-11H2,1-2H3,(H,16,18)(H,19,20). The lowest BCUT2D eigenvalue weighted by atomic mass is 10.1. The molecule has 0 saturated heterocycles. The normalized spacial score (nSPS) is 10.4. The Morgan fingerprint density at radius 1 is 1.29 bits per heavy atom. The van der Waals surface area contributed by atoms with E-state index in [1.807, 2.05) is 24.3 Å². The molecule has 0 bridgehead atoms. The maximum absolute atomic E-state index is 11.7. The van der Waals surface area contributed by atoms with Crippen molar-refractivity contribution in [1.82, 2.24) is 10.2 Å². The lowest BCUT2D eigenvalue weighted by Crippen LogP contribution is -2.36. The third kappa shape index (κ3) is 7.31. The topological polar surface area (TPSA) is 78.9 Å². The highest BCUT2D eigenvalue weighted by Gasteiger charge is 2.07. The van der Waals surface area contributed by atoms with E-state index in [9.17, 15) is 9.59 Å². The van der Waals surface area contributed by atoms with Gasteiger partial charge in [0.15, 0.2) is 0 Å². The van der Waals surface area contributed by atoms with Gasteiger partial charge in [-0.1, -0.05) is 12.1 Å². The Morgan fingerprint density at radius 3 is 2.52 bits per heavy atom. The number of benzene rings is 1. The number of aliphatic carboxylic acids is 1. The van der Waals surface area contributed by atoms with Gasteiger partial charge in [0, 0.05) is 13.1 Å². The van der Waals surface area contributed by atoms with Gasteiger partial charge in [-0.05, 0) is 31.2 Å². The number of likely N-dealkylation sites (N-methyl/N-ethyl adjacent to an activating group) is 1. The van der Waals surface area contributed by atoms with Crippen LogP contribution >= 0.6 is 0 Å². The summed E-state index contributed by atoms with van der Waals surface area (Å²) in [4.78, 5) is 23.8. The van der Waals surface area contributed by atoms with Crippen LogP contribution in [0.25, 0.3) is 0 Å². The number of amides is 1. The molecular weight excluding hydrogens is 272 g/mol. The Morgan fingerprint density at radius 2 is 1.95 bits per heavy atom. The summed E-state index contributed by atoms with van der Waals surface area (Å²) in [6.07, 6.45) is 0.782. The highest BCUT2D eigenvalue weighted by Crippen LogP contribution is 2.11. The van der Waals surface area contributed by atoms with E-state index in [4.69, 9.17) is 9.84 Å². The van der Waals surface area contributed by atoms with E-state index in [1.165, 1.54) is 0 Å². The zero-order valence-electron chi connectivity index (χ0n) is 12.5. The number of nitrogens with one attached hydrogen (secondary N) is 1. The minimum atomic E-state index is -0.859. The first-order valence-corrected chi connectivity index (χ1v) is 6.81. The van der Waals surface area contributed by atoms with E-state index in [1.54, 1.807) is 19.1 Å². The van der Waals surface area contributed by atoms with Gasteiger partial charge in [0.2, 0.25) is 5.91 Å². The second-order valence-electron chi connectivity index (χ2n) is 4.83. The van der Waals surface area contributed by atoms with Gasteiger partial charge < -0.3 is 15.2 Å². The summed E-state index contributed by atoms with van der Waals surface area (Å²) in [6, 6.07) is 7.70. The summed E-state index contributed by atoms with van der Waals surface area (Å²) in [7, 11) is 3.35. The first-order chi connectivity index (χ1) is 10.0. The molecular formula is C15H22N2O4. The van der Waals surface area contributed by atoms with Gasteiger partial charge in [0.05, 0.1) is 20.1 Å². The lowest BCUT2D eigenvalue weighted by molar-refractivity contribution is -0.137. The molecule has 0 radical (unpaired) electrons. The molecule has 6 nitrogen and oxygen atoms in total. The number of nitrogens with zero attached hydrogens (tertiary/aromatic N) is 1. The molecule has 0 unspecified atom stereocenters. The van der Waals surface area contributed by atoms with Gasteiger partial charge in [-0.3, -0.25) is 14.5 Å². The van der Waals surface area contributed by atoms with E-state index < -0.39 is 5.97 Å². The van der Waals surface area contributed by atoms with Crippen molar-refractivity contribution in [2.75, 3.05) is 33.8 Å². The highest BCUT2D eigenvalue weighted by molar-refractivity contribution is 5.78.